The minimum Gasteiger partial charge on any atom is -0.458 e. The van der Waals surface area contributed by atoms with Crippen LogP contribution in [0.2, 0.25) is 0 Å². The Labute approximate surface area is 195 Å². The van der Waals surface area contributed by atoms with Gasteiger partial charge in [-0.25, -0.2) is 4.79 Å². The van der Waals surface area contributed by atoms with Crippen LogP contribution in [0.5, 0.6) is 0 Å². The fourth-order valence-corrected chi connectivity index (χ4v) is 8.46. The second kappa shape index (κ2) is 8.76. The molecule has 0 radical (unpaired) electrons. The summed E-state index contributed by atoms with van der Waals surface area (Å²) >= 11 is 0. The number of rotatable bonds is 7. The number of esters is 2. The molecule has 4 unspecified atom stereocenters. The van der Waals surface area contributed by atoms with Gasteiger partial charge in [0, 0.05) is 12.8 Å². The molecule has 33 heavy (non-hydrogen) atoms. The Morgan fingerprint density at radius 1 is 0.909 bits per heavy atom. The maximum Gasteiger partial charge on any atom is 0.377 e. The summed E-state index contributed by atoms with van der Waals surface area (Å²) in [4.78, 5) is 25.3. The summed E-state index contributed by atoms with van der Waals surface area (Å²) in [6.45, 7) is 3.35. The molecule has 6 bridgehead atoms. The van der Waals surface area contributed by atoms with E-state index in [1.807, 2.05) is 0 Å². The third-order valence-electron chi connectivity index (χ3n) is 9.41. The second-order valence-electron chi connectivity index (χ2n) is 12.0. The van der Waals surface area contributed by atoms with Crippen molar-refractivity contribution in [2.75, 3.05) is 6.79 Å². The monoisotopic (exact) mass is 468 g/mol. The Morgan fingerprint density at radius 3 is 2.21 bits per heavy atom. The molecule has 0 saturated heterocycles. The van der Waals surface area contributed by atoms with Crippen molar-refractivity contribution in [3.8, 4) is 0 Å². The van der Waals surface area contributed by atoms with Crippen molar-refractivity contribution in [1.82, 2.24) is 0 Å². The minimum absolute atomic E-state index is 0.0367. The van der Waals surface area contributed by atoms with Crippen molar-refractivity contribution < 1.29 is 32.6 Å². The number of alkyl halides is 2. The molecule has 0 aromatic rings. The maximum absolute atomic E-state index is 13.8. The zero-order chi connectivity index (χ0) is 23.4. The molecule has 0 aromatic carbocycles. The van der Waals surface area contributed by atoms with E-state index in [1.54, 1.807) is 0 Å². The quantitative estimate of drug-likeness (QED) is 0.365. The Kier molecular flexibility index (Phi) is 6.24. The molecule has 7 heteroatoms. The average Bonchev–Trinajstić information content (AvgIpc) is 2.74. The van der Waals surface area contributed by atoms with Gasteiger partial charge in [0.15, 0.2) is 6.79 Å². The summed E-state index contributed by atoms with van der Waals surface area (Å²) in [6, 6.07) is 0. The third-order valence-corrected chi connectivity index (χ3v) is 9.41. The van der Waals surface area contributed by atoms with Gasteiger partial charge in [-0.15, -0.1) is 0 Å². The van der Waals surface area contributed by atoms with E-state index >= 15 is 0 Å². The SMILES string of the molecule is CCC(F)(F)C(=O)OC1CC2CC(C)CC(C(=O)OCOC3C4CC5CC(C4)CC3C5)(C2)C1. The second-order valence-corrected chi connectivity index (χ2v) is 12.0. The van der Waals surface area contributed by atoms with Gasteiger partial charge in [0.1, 0.15) is 6.10 Å². The Bertz CT molecular complexity index is 738. The highest BCUT2D eigenvalue weighted by atomic mass is 19.3. The predicted octanol–water partition coefficient (Wildman–Crippen LogP) is 5.50. The van der Waals surface area contributed by atoms with Gasteiger partial charge in [-0.1, -0.05) is 13.8 Å². The summed E-state index contributed by atoms with van der Waals surface area (Å²) in [5, 5.41) is 0. The standard InChI is InChI=1S/C26H38F2O5/c1-3-26(27,28)24(30)33-21-10-18-4-15(2)11-25(12-18,13-21)23(29)32-14-31-22-19-6-16-5-17(8-19)9-20(22)7-16/h15-22H,3-14H2,1-2H3. The summed E-state index contributed by atoms with van der Waals surface area (Å²) in [5.41, 5.74) is -0.777. The molecule has 5 nitrogen and oxygen atoms in total. The number of hydrogen-bond donors (Lipinski definition) is 0. The summed E-state index contributed by atoms with van der Waals surface area (Å²) in [7, 11) is 0. The van der Waals surface area contributed by atoms with Crippen molar-refractivity contribution in [3.05, 3.63) is 0 Å². The van der Waals surface area contributed by atoms with Crippen LogP contribution >= 0.6 is 0 Å². The highest BCUT2D eigenvalue weighted by Crippen LogP contribution is 2.55. The van der Waals surface area contributed by atoms with Gasteiger partial charge >= 0.3 is 17.9 Å². The zero-order valence-corrected chi connectivity index (χ0v) is 19.9. The summed E-state index contributed by atoms with van der Waals surface area (Å²) in [5.74, 6) is -1.86. The van der Waals surface area contributed by atoms with Gasteiger partial charge in [-0.3, -0.25) is 4.79 Å². The number of carbonyl (C=O) groups excluding carboxylic acids is 2. The maximum atomic E-state index is 13.8. The van der Waals surface area contributed by atoms with Gasteiger partial charge in [-0.2, -0.15) is 8.78 Å². The molecule has 6 rings (SSSR count). The first-order valence-electron chi connectivity index (χ1n) is 13.0. The first kappa shape index (κ1) is 23.5. The van der Waals surface area contributed by atoms with E-state index in [0.29, 0.717) is 37.0 Å². The number of ether oxygens (including phenoxy) is 3. The first-order chi connectivity index (χ1) is 15.7. The van der Waals surface area contributed by atoms with Crippen LogP contribution < -0.4 is 0 Å². The minimum atomic E-state index is -3.49. The van der Waals surface area contributed by atoms with Crippen LogP contribution in [0.25, 0.3) is 0 Å². The highest BCUT2D eigenvalue weighted by molar-refractivity contribution is 5.79. The molecule has 0 N–H and O–H groups in total. The molecule has 0 spiro atoms. The van der Waals surface area contributed by atoms with Crippen LogP contribution in [0.3, 0.4) is 0 Å². The van der Waals surface area contributed by atoms with Crippen LogP contribution in [0.15, 0.2) is 0 Å². The van der Waals surface area contributed by atoms with Crippen molar-refractivity contribution in [1.29, 1.82) is 0 Å². The van der Waals surface area contributed by atoms with E-state index in [4.69, 9.17) is 14.2 Å². The molecule has 0 amide bonds. The normalized spacial score (nSPS) is 43.9. The van der Waals surface area contributed by atoms with E-state index < -0.39 is 29.8 Å². The topological polar surface area (TPSA) is 61.8 Å². The van der Waals surface area contributed by atoms with Crippen molar-refractivity contribution in [2.45, 2.75) is 103 Å². The van der Waals surface area contributed by atoms with Crippen LogP contribution in [0.4, 0.5) is 8.78 Å². The molecule has 6 fully saturated rings. The fourth-order valence-electron chi connectivity index (χ4n) is 8.46. The fraction of sp³-hybridized carbons (Fsp3) is 0.923. The van der Waals surface area contributed by atoms with E-state index in [1.165, 1.54) is 39.0 Å². The molecule has 6 aliphatic rings. The predicted molar refractivity (Wildman–Crippen MR) is 116 cm³/mol. The molecule has 0 aromatic heterocycles. The average molecular weight is 469 g/mol. The molecule has 0 aliphatic heterocycles. The smallest absolute Gasteiger partial charge is 0.377 e. The summed E-state index contributed by atoms with van der Waals surface area (Å²) in [6.07, 6.45) is 8.30. The molecule has 6 aliphatic carbocycles. The molecule has 4 atom stereocenters. The third kappa shape index (κ3) is 4.55. The van der Waals surface area contributed by atoms with Gasteiger partial charge in [0.2, 0.25) is 0 Å². The van der Waals surface area contributed by atoms with Crippen LogP contribution in [-0.2, 0) is 23.8 Å². The van der Waals surface area contributed by atoms with Crippen molar-refractivity contribution in [2.24, 2.45) is 40.9 Å². The lowest BCUT2D eigenvalue weighted by atomic mass is 9.55. The van der Waals surface area contributed by atoms with Crippen LogP contribution in [0, 0.1) is 40.9 Å². The van der Waals surface area contributed by atoms with E-state index in [9.17, 15) is 18.4 Å². The van der Waals surface area contributed by atoms with Gasteiger partial charge in [0.25, 0.3) is 0 Å². The van der Waals surface area contributed by atoms with Crippen LogP contribution in [-0.4, -0.2) is 36.9 Å². The van der Waals surface area contributed by atoms with Crippen molar-refractivity contribution in [3.63, 3.8) is 0 Å². The largest absolute Gasteiger partial charge is 0.458 e. The van der Waals surface area contributed by atoms with E-state index in [0.717, 1.165) is 18.3 Å². The molecule has 6 saturated carbocycles. The molecule has 186 valence electrons. The highest BCUT2D eigenvalue weighted by Gasteiger charge is 2.53. The lowest BCUT2D eigenvalue weighted by Gasteiger charge is -2.53. The lowest BCUT2D eigenvalue weighted by molar-refractivity contribution is -0.205. The van der Waals surface area contributed by atoms with Gasteiger partial charge in [0.05, 0.1) is 11.5 Å². The number of halogens is 2. The van der Waals surface area contributed by atoms with Gasteiger partial charge < -0.3 is 14.2 Å². The zero-order valence-electron chi connectivity index (χ0n) is 19.9. The molecule has 0 heterocycles. The number of hydrogen-bond acceptors (Lipinski definition) is 5. The Hall–Kier alpha value is -1.24. The Morgan fingerprint density at radius 2 is 1.58 bits per heavy atom. The van der Waals surface area contributed by atoms with Gasteiger partial charge in [-0.05, 0) is 93.3 Å². The lowest BCUT2D eigenvalue weighted by Crippen LogP contribution is -2.50. The molecular formula is C26H38F2O5. The number of fused-ring (bicyclic) bond motifs is 2. The molecular weight excluding hydrogens is 430 g/mol. The Balaban J connectivity index is 1.20. The first-order valence-corrected chi connectivity index (χ1v) is 13.0. The summed E-state index contributed by atoms with van der Waals surface area (Å²) < 4.78 is 44.7. The van der Waals surface area contributed by atoms with E-state index in [-0.39, 0.29) is 31.2 Å². The van der Waals surface area contributed by atoms with E-state index in [2.05, 4.69) is 6.92 Å². The van der Waals surface area contributed by atoms with Crippen molar-refractivity contribution >= 4 is 11.9 Å². The number of carbonyl (C=O) groups is 2. The van der Waals surface area contributed by atoms with Crippen LogP contribution in [0.1, 0.15) is 84.5 Å².